The molecule has 0 atom stereocenters. The van der Waals surface area contributed by atoms with Crippen LogP contribution in [0.15, 0.2) is 42.5 Å². The van der Waals surface area contributed by atoms with Crippen LogP contribution in [-0.2, 0) is 9.53 Å². The molecule has 0 radical (unpaired) electrons. The number of para-hydroxylation sites is 1. The lowest BCUT2D eigenvalue weighted by Gasteiger charge is -2.11. The van der Waals surface area contributed by atoms with E-state index < -0.39 is 18.5 Å². The van der Waals surface area contributed by atoms with E-state index in [1.807, 2.05) is 0 Å². The second-order valence-corrected chi connectivity index (χ2v) is 5.02. The molecule has 7 heteroatoms. The van der Waals surface area contributed by atoms with E-state index in [0.29, 0.717) is 28.4 Å². The molecule has 0 saturated carbocycles. The number of esters is 1. The zero-order chi connectivity index (χ0) is 18.2. The highest BCUT2D eigenvalue weighted by atomic mass is 16.5. The fourth-order valence-electron chi connectivity index (χ4n) is 2.16. The predicted molar refractivity (Wildman–Crippen MR) is 94.4 cm³/mol. The minimum atomic E-state index is -0.580. The SMILES string of the molecule is CNc1ccccc1C(=O)OCC(=O)Nc1cc(OC)cc(OC)c1. The largest absolute Gasteiger partial charge is 0.497 e. The van der Waals surface area contributed by atoms with Gasteiger partial charge in [0.25, 0.3) is 5.91 Å². The molecule has 0 saturated heterocycles. The number of benzene rings is 2. The second kappa shape index (κ2) is 8.58. The van der Waals surface area contributed by atoms with E-state index >= 15 is 0 Å². The van der Waals surface area contributed by atoms with Crippen LogP contribution in [0.1, 0.15) is 10.4 Å². The summed E-state index contributed by atoms with van der Waals surface area (Å²) in [5.41, 5.74) is 1.47. The molecule has 0 aliphatic rings. The fourth-order valence-corrected chi connectivity index (χ4v) is 2.16. The van der Waals surface area contributed by atoms with Gasteiger partial charge in [0.2, 0.25) is 0 Å². The molecular formula is C18H20N2O5. The van der Waals surface area contributed by atoms with E-state index in [9.17, 15) is 9.59 Å². The van der Waals surface area contributed by atoms with Gasteiger partial charge in [0.05, 0.1) is 19.8 Å². The highest BCUT2D eigenvalue weighted by Gasteiger charge is 2.14. The van der Waals surface area contributed by atoms with Crippen LogP contribution < -0.4 is 20.1 Å². The summed E-state index contributed by atoms with van der Waals surface area (Å²) < 4.78 is 15.3. The van der Waals surface area contributed by atoms with E-state index in [4.69, 9.17) is 14.2 Å². The van der Waals surface area contributed by atoms with Crippen molar-refractivity contribution in [2.45, 2.75) is 0 Å². The van der Waals surface area contributed by atoms with Crippen LogP contribution >= 0.6 is 0 Å². The number of amides is 1. The minimum Gasteiger partial charge on any atom is -0.497 e. The highest BCUT2D eigenvalue weighted by molar-refractivity contribution is 5.98. The molecule has 1 amide bonds. The maximum absolute atomic E-state index is 12.1. The number of anilines is 2. The summed E-state index contributed by atoms with van der Waals surface area (Å²) in [5.74, 6) is 0.0260. The van der Waals surface area contributed by atoms with Crippen LogP contribution in [0.4, 0.5) is 11.4 Å². The van der Waals surface area contributed by atoms with Gasteiger partial charge >= 0.3 is 5.97 Å². The Hall–Kier alpha value is -3.22. The van der Waals surface area contributed by atoms with Crippen LogP contribution in [0.25, 0.3) is 0 Å². The summed E-state index contributed by atoms with van der Waals surface area (Å²) >= 11 is 0. The van der Waals surface area contributed by atoms with Gasteiger partial charge in [0, 0.05) is 36.6 Å². The standard InChI is InChI=1S/C18H20N2O5/c1-19-16-7-5-4-6-15(16)18(22)25-11-17(21)20-12-8-13(23-2)10-14(9-12)24-3/h4-10,19H,11H2,1-3H3,(H,20,21). The zero-order valence-corrected chi connectivity index (χ0v) is 14.3. The van der Waals surface area contributed by atoms with Gasteiger partial charge in [-0.25, -0.2) is 4.79 Å². The van der Waals surface area contributed by atoms with E-state index in [0.717, 1.165) is 0 Å². The summed E-state index contributed by atoms with van der Waals surface area (Å²) in [5, 5.41) is 5.54. The number of carbonyl (C=O) groups excluding carboxylic acids is 2. The summed E-state index contributed by atoms with van der Waals surface area (Å²) in [6.07, 6.45) is 0. The Kier molecular flexibility index (Phi) is 6.22. The van der Waals surface area contributed by atoms with E-state index in [1.54, 1.807) is 49.5 Å². The Labute approximate surface area is 145 Å². The molecule has 0 heterocycles. The Morgan fingerprint density at radius 2 is 1.64 bits per heavy atom. The van der Waals surface area contributed by atoms with Crippen molar-refractivity contribution >= 4 is 23.3 Å². The molecule has 25 heavy (non-hydrogen) atoms. The van der Waals surface area contributed by atoms with Gasteiger partial charge in [0.15, 0.2) is 6.61 Å². The highest BCUT2D eigenvalue weighted by Crippen LogP contribution is 2.25. The Morgan fingerprint density at radius 3 is 2.24 bits per heavy atom. The summed E-state index contributed by atoms with van der Waals surface area (Å²) in [6.45, 7) is -0.406. The van der Waals surface area contributed by atoms with Crippen LogP contribution in [0.3, 0.4) is 0 Å². The average Bonchev–Trinajstić information content (AvgIpc) is 2.65. The molecule has 0 unspecified atom stereocenters. The quantitative estimate of drug-likeness (QED) is 0.751. The first-order valence-electron chi connectivity index (χ1n) is 7.54. The van der Waals surface area contributed by atoms with E-state index in [-0.39, 0.29) is 0 Å². The number of nitrogens with one attached hydrogen (secondary N) is 2. The summed E-state index contributed by atoms with van der Waals surface area (Å²) in [7, 11) is 4.73. The Balaban J connectivity index is 1.98. The maximum Gasteiger partial charge on any atom is 0.340 e. The molecule has 0 aromatic heterocycles. The molecule has 0 aliphatic carbocycles. The lowest BCUT2D eigenvalue weighted by atomic mass is 10.2. The minimum absolute atomic E-state index is 0.362. The molecule has 132 valence electrons. The lowest BCUT2D eigenvalue weighted by Crippen LogP contribution is -2.21. The van der Waals surface area contributed by atoms with Gasteiger partial charge in [-0.3, -0.25) is 4.79 Å². The number of ether oxygens (including phenoxy) is 3. The number of rotatable bonds is 7. The summed E-state index contributed by atoms with van der Waals surface area (Å²) in [6, 6.07) is 11.9. The van der Waals surface area contributed by atoms with Gasteiger partial charge < -0.3 is 24.8 Å². The normalized spacial score (nSPS) is 9.88. The lowest BCUT2D eigenvalue weighted by molar-refractivity contribution is -0.119. The second-order valence-electron chi connectivity index (χ2n) is 5.02. The van der Waals surface area contributed by atoms with Crippen LogP contribution in [0.5, 0.6) is 11.5 Å². The third-order valence-electron chi connectivity index (χ3n) is 3.39. The van der Waals surface area contributed by atoms with Crippen molar-refractivity contribution in [3.05, 3.63) is 48.0 Å². The average molecular weight is 344 g/mol. The Morgan fingerprint density at radius 1 is 1.00 bits per heavy atom. The topological polar surface area (TPSA) is 85.9 Å². The van der Waals surface area contributed by atoms with Crippen molar-refractivity contribution in [2.75, 3.05) is 38.5 Å². The number of methoxy groups -OCH3 is 2. The molecule has 2 N–H and O–H groups in total. The van der Waals surface area contributed by atoms with Crippen molar-refractivity contribution < 1.29 is 23.8 Å². The molecule has 0 spiro atoms. The maximum atomic E-state index is 12.1. The van der Waals surface area contributed by atoms with Crippen LogP contribution in [0.2, 0.25) is 0 Å². The molecule has 2 aromatic carbocycles. The first kappa shape index (κ1) is 18.1. The number of hydrogen-bond acceptors (Lipinski definition) is 6. The first-order valence-corrected chi connectivity index (χ1v) is 7.54. The van der Waals surface area contributed by atoms with Crippen molar-refractivity contribution in [3.8, 4) is 11.5 Å². The third-order valence-corrected chi connectivity index (χ3v) is 3.39. The van der Waals surface area contributed by atoms with Crippen LogP contribution in [-0.4, -0.2) is 39.8 Å². The molecular weight excluding hydrogens is 324 g/mol. The first-order chi connectivity index (χ1) is 12.1. The van der Waals surface area contributed by atoms with Gasteiger partial charge in [0.1, 0.15) is 11.5 Å². The van der Waals surface area contributed by atoms with Crippen molar-refractivity contribution in [1.29, 1.82) is 0 Å². The molecule has 0 fully saturated rings. The zero-order valence-electron chi connectivity index (χ0n) is 14.3. The number of carbonyl (C=O) groups is 2. The smallest absolute Gasteiger partial charge is 0.340 e. The van der Waals surface area contributed by atoms with Crippen LogP contribution in [0, 0.1) is 0 Å². The number of hydrogen-bond donors (Lipinski definition) is 2. The molecule has 2 rings (SSSR count). The van der Waals surface area contributed by atoms with Gasteiger partial charge in [-0.2, -0.15) is 0 Å². The van der Waals surface area contributed by atoms with E-state index in [2.05, 4.69) is 10.6 Å². The predicted octanol–water partition coefficient (Wildman–Crippen LogP) is 2.54. The molecule has 0 bridgehead atoms. The van der Waals surface area contributed by atoms with Gasteiger partial charge in [-0.15, -0.1) is 0 Å². The van der Waals surface area contributed by atoms with Gasteiger partial charge in [-0.05, 0) is 12.1 Å². The van der Waals surface area contributed by atoms with Crippen molar-refractivity contribution in [3.63, 3.8) is 0 Å². The third kappa shape index (κ3) is 4.87. The van der Waals surface area contributed by atoms with Crippen molar-refractivity contribution in [1.82, 2.24) is 0 Å². The Bertz CT molecular complexity index is 739. The molecule has 7 nitrogen and oxygen atoms in total. The van der Waals surface area contributed by atoms with E-state index in [1.165, 1.54) is 14.2 Å². The molecule has 0 aliphatic heterocycles. The van der Waals surface area contributed by atoms with Crippen molar-refractivity contribution in [2.24, 2.45) is 0 Å². The molecule has 2 aromatic rings. The monoisotopic (exact) mass is 344 g/mol. The summed E-state index contributed by atoms with van der Waals surface area (Å²) in [4.78, 5) is 24.1. The van der Waals surface area contributed by atoms with Gasteiger partial charge in [-0.1, -0.05) is 12.1 Å². The fraction of sp³-hybridized carbons (Fsp3) is 0.222.